The second-order valence-electron chi connectivity index (χ2n) is 9.39. The van der Waals surface area contributed by atoms with Gasteiger partial charge in [-0.3, -0.25) is 4.79 Å². The van der Waals surface area contributed by atoms with Crippen LogP contribution in [0.25, 0.3) is 11.0 Å². The number of aryl methyl sites for hydroxylation is 1. The number of para-hydroxylation sites is 3. The van der Waals surface area contributed by atoms with Crippen molar-refractivity contribution in [3.8, 4) is 5.75 Å². The Bertz CT molecular complexity index is 1350. The standard InChI is InChI=1S/C29H30ClN3O2/c1-20(2)24-11-3-6-14-27(24)35-16-8-15-32-26-13-5-4-12-25(26)31-29(32)21-17-28(34)33(19-21)23-10-7-9-22(30)18-23/h3-7,9-14,18,20-21H,8,15-17,19H2,1-2H3. The van der Waals surface area contributed by atoms with Gasteiger partial charge in [-0.15, -0.1) is 0 Å². The van der Waals surface area contributed by atoms with Crippen molar-refractivity contribution in [1.82, 2.24) is 9.55 Å². The highest BCUT2D eigenvalue weighted by Gasteiger charge is 2.34. The van der Waals surface area contributed by atoms with Crippen molar-refractivity contribution in [2.24, 2.45) is 0 Å². The number of amides is 1. The van der Waals surface area contributed by atoms with Crippen molar-refractivity contribution in [1.29, 1.82) is 0 Å². The first-order valence-corrected chi connectivity index (χ1v) is 12.6. The van der Waals surface area contributed by atoms with Gasteiger partial charge in [0, 0.05) is 36.1 Å². The predicted octanol–water partition coefficient (Wildman–Crippen LogP) is 6.80. The quantitative estimate of drug-likeness (QED) is 0.257. The molecule has 0 spiro atoms. The van der Waals surface area contributed by atoms with E-state index in [1.807, 2.05) is 59.5 Å². The molecule has 0 aliphatic carbocycles. The summed E-state index contributed by atoms with van der Waals surface area (Å²) in [6.45, 7) is 6.36. The summed E-state index contributed by atoms with van der Waals surface area (Å²) in [5, 5.41) is 0.630. The van der Waals surface area contributed by atoms with Gasteiger partial charge < -0.3 is 14.2 Å². The number of anilines is 1. The third-order valence-corrected chi connectivity index (χ3v) is 6.85. The van der Waals surface area contributed by atoms with Gasteiger partial charge >= 0.3 is 0 Å². The summed E-state index contributed by atoms with van der Waals surface area (Å²) in [5.41, 5.74) is 4.12. The zero-order chi connectivity index (χ0) is 24.4. The largest absolute Gasteiger partial charge is 0.493 e. The molecule has 1 atom stereocenters. The number of nitrogens with zero attached hydrogens (tertiary/aromatic N) is 3. The lowest BCUT2D eigenvalue weighted by Crippen LogP contribution is -2.24. The number of benzene rings is 3. The average molecular weight is 488 g/mol. The molecular formula is C29H30ClN3O2. The topological polar surface area (TPSA) is 47.4 Å². The van der Waals surface area contributed by atoms with Crippen LogP contribution in [0, 0.1) is 0 Å². The fourth-order valence-electron chi connectivity index (χ4n) is 4.91. The number of ether oxygens (including phenoxy) is 1. The number of carbonyl (C=O) groups excluding carboxylic acids is 1. The highest BCUT2D eigenvalue weighted by Crippen LogP contribution is 2.34. The molecule has 1 unspecified atom stereocenters. The van der Waals surface area contributed by atoms with Crippen LogP contribution < -0.4 is 9.64 Å². The van der Waals surface area contributed by atoms with Gasteiger partial charge in [0.1, 0.15) is 11.6 Å². The molecule has 1 saturated heterocycles. The first-order chi connectivity index (χ1) is 17.0. The van der Waals surface area contributed by atoms with Crippen molar-refractivity contribution in [2.75, 3.05) is 18.1 Å². The SMILES string of the molecule is CC(C)c1ccccc1OCCCn1c(C2CC(=O)N(c3cccc(Cl)c3)C2)nc2ccccc21. The van der Waals surface area contributed by atoms with Crippen molar-refractivity contribution in [3.63, 3.8) is 0 Å². The molecule has 2 heterocycles. The maximum Gasteiger partial charge on any atom is 0.227 e. The molecule has 5 nitrogen and oxygen atoms in total. The maximum absolute atomic E-state index is 12.9. The molecule has 1 aromatic heterocycles. The van der Waals surface area contributed by atoms with Crippen LogP contribution >= 0.6 is 11.6 Å². The van der Waals surface area contributed by atoms with Crippen LogP contribution in [0.15, 0.2) is 72.8 Å². The minimum absolute atomic E-state index is 0.0245. The highest BCUT2D eigenvalue weighted by molar-refractivity contribution is 6.30. The number of halogens is 1. The van der Waals surface area contributed by atoms with Crippen molar-refractivity contribution >= 4 is 34.2 Å². The molecular weight excluding hydrogens is 458 g/mol. The summed E-state index contributed by atoms with van der Waals surface area (Å²) in [6, 6.07) is 23.9. The molecule has 1 fully saturated rings. The summed E-state index contributed by atoms with van der Waals surface area (Å²) in [5.74, 6) is 2.46. The molecule has 0 N–H and O–H groups in total. The summed E-state index contributed by atoms with van der Waals surface area (Å²) >= 11 is 6.18. The van der Waals surface area contributed by atoms with Crippen LogP contribution in [0.4, 0.5) is 5.69 Å². The number of hydrogen-bond donors (Lipinski definition) is 0. The van der Waals surface area contributed by atoms with Gasteiger partial charge in [0.2, 0.25) is 5.91 Å². The summed E-state index contributed by atoms with van der Waals surface area (Å²) in [6.07, 6.45) is 1.28. The molecule has 35 heavy (non-hydrogen) atoms. The first kappa shape index (κ1) is 23.4. The van der Waals surface area contributed by atoms with Crippen LogP contribution in [-0.4, -0.2) is 28.6 Å². The van der Waals surface area contributed by atoms with Crippen molar-refractivity contribution < 1.29 is 9.53 Å². The zero-order valence-electron chi connectivity index (χ0n) is 20.2. The van der Waals surface area contributed by atoms with Gasteiger partial charge in [0.15, 0.2) is 0 Å². The van der Waals surface area contributed by atoms with E-state index in [-0.39, 0.29) is 11.8 Å². The first-order valence-electron chi connectivity index (χ1n) is 12.2. The van der Waals surface area contributed by atoms with Gasteiger partial charge in [-0.1, -0.05) is 61.8 Å². The number of fused-ring (bicyclic) bond motifs is 1. The monoisotopic (exact) mass is 487 g/mol. The van der Waals surface area contributed by atoms with E-state index in [0.29, 0.717) is 30.5 Å². The van der Waals surface area contributed by atoms with Crippen LogP contribution in [0.3, 0.4) is 0 Å². The molecule has 3 aromatic carbocycles. The fourth-order valence-corrected chi connectivity index (χ4v) is 5.09. The third kappa shape index (κ3) is 4.92. The minimum Gasteiger partial charge on any atom is -0.493 e. The van der Waals surface area contributed by atoms with Crippen molar-refractivity contribution in [2.45, 2.75) is 45.1 Å². The molecule has 1 amide bonds. The van der Waals surface area contributed by atoms with E-state index in [0.717, 1.165) is 41.3 Å². The van der Waals surface area contributed by atoms with Crippen LogP contribution in [0.5, 0.6) is 5.75 Å². The summed E-state index contributed by atoms with van der Waals surface area (Å²) < 4.78 is 8.44. The van der Waals surface area contributed by atoms with Gasteiger partial charge in [-0.2, -0.15) is 0 Å². The Kier molecular flexibility index (Phi) is 6.78. The van der Waals surface area contributed by atoms with Gasteiger partial charge in [-0.25, -0.2) is 4.98 Å². The number of hydrogen-bond acceptors (Lipinski definition) is 3. The third-order valence-electron chi connectivity index (χ3n) is 6.62. The Labute approximate surface area is 211 Å². The van der Waals surface area contributed by atoms with E-state index in [4.69, 9.17) is 21.3 Å². The Morgan fingerprint density at radius 1 is 1.06 bits per heavy atom. The van der Waals surface area contributed by atoms with Crippen molar-refractivity contribution in [3.05, 3.63) is 89.2 Å². The second-order valence-corrected chi connectivity index (χ2v) is 9.83. The van der Waals surface area contributed by atoms with Gasteiger partial charge in [0.05, 0.1) is 17.6 Å². The minimum atomic E-state index is 0.0245. The number of imidazole rings is 1. The predicted molar refractivity (Wildman–Crippen MR) is 142 cm³/mol. The zero-order valence-corrected chi connectivity index (χ0v) is 20.9. The number of rotatable bonds is 8. The van der Waals surface area contributed by atoms with Crippen LogP contribution in [-0.2, 0) is 11.3 Å². The lowest BCUT2D eigenvalue weighted by Gasteiger charge is -2.18. The van der Waals surface area contributed by atoms with E-state index in [2.05, 4.69) is 36.6 Å². The van der Waals surface area contributed by atoms with Crippen LogP contribution in [0.2, 0.25) is 5.02 Å². The van der Waals surface area contributed by atoms with Gasteiger partial charge in [-0.05, 0) is 54.3 Å². The van der Waals surface area contributed by atoms with Gasteiger partial charge in [0.25, 0.3) is 0 Å². The van der Waals surface area contributed by atoms with Crippen LogP contribution in [0.1, 0.15) is 49.9 Å². The molecule has 0 saturated carbocycles. The average Bonchev–Trinajstić information content (AvgIpc) is 3.42. The lowest BCUT2D eigenvalue weighted by atomic mass is 10.0. The molecule has 4 aromatic rings. The van der Waals surface area contributed by atoms with E-state index in [1.165, 1.54) is 5.56 Å². The maximum atomic E-state index is 12.9. The Morgan fingerprint density at radius 2 is 1.86 bits per heavy atom. The molecule has 1 aliphatic heterocycles. The lowest BCUT2D eigenvalue weighted by molar-refractivity contribution is -0.117. The van der Waals surface area contributed by atoms with E-state index < -0.39 is 0 Å². The number of carbonyl (C=O) groups is 1. The molecule has 6 heteroatoms. The summed E-state index contributed by atoms with van der Waals surface area (Å²) in [7, 11) is 0. The Balaban J connectivity index is 1.34. The van der Waals surface area contributed by atoms with E-state index >= 15 is 0 Å². The highest BCUT2D eigenvalue weighted by atomic mass is 35.5. The molecule has 180 valence electrons. The second kappa shape index (κ2) is 10.1. The Morgan fingerprint density at radius 3 is 2.69 bits per heavy atom. The summed E-state index contributed by atoms with van der Waals surface area (Å²) in [4.78, 5) is 19.7. The molecule has 0 radical (unpaired) electrons. The molecule has 0 bridgehead atoms. The van der Waals surface area contributed by atoms with E-state index in [9.17, 15) is 4.79 Å². The van der Waals surface area contributed by atoms with E-state index in [1.54, 1.807) is 0 Å². The fraction of sp³-hybridized carbons (Fsp3) is 0.310. The normalized spacial score (nSPS) is 15.9. The smallest absolute Gasteiger partial charge is 0.227 e. The molecule has 1 aliphatic rings. The Hall–Kier alpha value is -3.31. The number of aromatic nitrogens is 2. The molecule has 5 rings (SSSR count).